The molecule has 1 aromatic carbocycles. The lowest BCUT2D eigenvalue weighted by Crippen LogP contribution is -2.16. The third-order valence-electron chi connectivity index (χ3n) is 3.16. The van der Waals surface area contributed by atoms with Gasteiger partial charge in [0, 0.05) is 0 Å². The fraction of sp³-hybridized carbons (Fsp3) is 0.231. The molecule has 8 heteroatoms. The van der Waals surface area contributed by atoms with Gasteiger partial charge >= 0.3 is 12.1 Å². The summed E-state index contributed by atoms with van der Waals surface area (Å²) in [6.45, 7) is -0.0568. The molecule has 0 saturated carbocycles. The second-order valence-corrected chi connectivity index (χ2v) is 4.37. The summed E-state index contributed by atoms with van der Waals surface area (Å²) in [6.07, 6.45) is -3.08. The van der Waals surface area contributed by atoms with Crippen LogP contribution in [0.25, 0.3) is 5.69 Å². The van der Waals surface area contributed by atoms with Crippen molar-refractivity contribution in [2.75, 3.05) is 7.11 Å². The van der Waals surface area contributed by atoms with Crippen LogP contribution in [0.15, 0.2) is 24.5 Å². The Kier molecular flexibility index (Phi) is 2.89. The summed E-state index contributed by atoms with van der Waals surface area (Å²) in [6, 6.07) is 3.16. The summed E-state index contributed by atoms with van der Waals surface area (Å²) in [7, 11) is 1.22. The van der Waals surface area contributed by atoms with Crippen molar-refractivity contribution in [3.8, 4) is 11.4 Å². The number of esters is 1. The number of rotatable bonds is 1. The maximum absolute atomic E-state index is 12.7. The summed E-state index contributed by atoms with van der Waals surface area (Å²) in [5.41, 5.74) is 0.127. The van der Waals surface area contributed by atoms with E-state index < -0.39 is 17.7 Å². The Hall–Kier alpha value is -2.51. The number of fused-ring (bicyclic) bond motifs is 3. The first-order valence-corrected chi connectivity index (χ1v) is 5.91. The number of ether oxygens (including phenoxy) is 2. The third kappa shape index (κ3) is 2.12. The van der Waals surface area contributed by atoms with Crippen molar-refractivity contribution in [1.82, 2.24) is 9.55 Å². The third-order valence-corrected chi connectivity index (χ3v) is 3.16. The lowest BCUT2D eigenvalue weighted by molar-refractivity contribution is -0.137. The average Bonchev–Trinajstić information content (AvgIpc) is 2.89. The maximum Gasteiger partial charge on any atom is 0.416 e. The minimum Gasteiger partial charge on any atom is -0.485 e. The van der Waals surface area contributed by atoms with E-state index in [0.29, 0.717) is 11.4 Å². The van der Waals surface area contributed by atoms with Crippen molar-refractivity contribution >= 4 is 5.97 Å². The van der Waals surface area contributed by atoms with Gasteiger partial charge in [-0.05, 0) is 18.2 Å². The van der Waals surface area contributed by atoms with Crippen LogP contribution in [0.4, 0.5) is 13.2 Å². The van der Waals surface area contributed by atoms with Gasteiger partial charge in [0.05, 0.1) is 24.1 Å². The van der Waals surface area contributed by atoms with Crippen LogP contribution in [0.1, 0.15) is 21.7 Å². The smallest absolute Gasteiger partial charge is 0.416 e. The van der Waals surface area contributed by atoms with Crippen LogP contribution in [-0.2, 0) is 17.5 Å². The molecule has 1 aromatic heterocycles. The maximum atomic E-state index is 12.7. The Morgan fingerprint density at radius 3 is 2.86 bits per heavy atom. The highest BCUT2D eigenvalue weighted by molar-refractivity contribution is 5.88. The van der Waals surface area contributed by atoms with Gasteiger partial charge in [0.25, 0.3) is 0 Å². The highest BCUT2D eigenvalue weighted by Gasteiger charge is 2.33. The van der Waals surface area contributed by atoms with Gasteiger partial charge in [-0.25, -0.2) is 9.78 Å². The quantitative estimate of drug-likeness (QED) is 0.759. The van der Waals surface area contributed by atoms with Gasteiger partial charge in [-0.2, -0.15) is 13.2 Å². The number of methoxy groups -OCH3 is 1. The molecular weight excluding hydrogens is 289 g/mol. The molecule has 0 bridgehead atoms. The lowest BCUT2D eigenvalue weighted by atomic mass is 10.1. The van der Waals surface area contributed by atoms with E-state index in [0.717, 1.165) is 12.1 Å². The molecule has 110 valence electrons. The van der Waals surface area contributed by atoms with E-state index in [1.807, 2.05) is 0 Å². The summed E-state index contributed by atoms with van der Waals surface area (Å²) < 4.78 is 49.4. The van der Waals surface area contributed by atoms with Crippen molar-refractivity contribution in [2.45, 2.75) is 12.8 Å². The van der Waals surface area contributed by atoms with Crippen molar-refractivity contribution in [1.29, 1.82) is 0 Å². The van der Waals surface area contributed by atoms with Gasteiger partial charge in [-0.3, -0.25) is 4.57 Å². The minimum atomic E-state index is -4.44. The highest BCUT2D eigenvalue weighted by atomic mass is 19.4. The second-order valence-electron chi connectivity index (χ2n) is 4.37. The van der Waals surface area contributed by atoms with E-state index in [1.54, 1.807) is 0 Å². The number of hydrogen-bond acceptors (Lipinski definition) is 4. The van der Waals surface area contributed by atoms with Gasteiger partial charge in [0.15, 0.2) is 5.69 Å². The predicted molar refractivity (Wildman–Crippen MR) is 64.2 cm³/mol. The van der Waals surface area contributed by atoms with Crippen LogP contribution in [0.5, 0.6) is 5.75 Å². The van der Waals surface area contributed by atoms with Gasteiger partial charge in [-0.15, -0.1) is 0 Å². The number of carbonyl (C=O) groups excluding carboxylic acids is 1. The molecule has 0 unspecified atom stereocenters. The summed E-state index contributed by atoms with van der Waals surface area (Å²) in [5.74, 6) is -0.533. The van der Waals surface area contributed by atoms with E-state index in [-0.39, 0.29) is 18.1 Å². The molecule has 21 heavy (non-hydrogen) atoms. The minimum absolute atomic E-state index is 0.0568. The molecule has 0 radical (unpaired) electrons. The SMILES string of the molecule is COC(=O)c1ncn2c1COc1cc(C(F)(F)F)ccc1-2. The Bertz CT molecular complexity index is 722. The molecule has 0 saturated heterocycles. The molecule has 0 spiro atoms. The number of imidazole rings is 1. The van der Waals surface area contributed by atoms with Crippen LogP contribution in [0.3, 0.4) is 0 Å². The standard InChI is InChI=1S/C13H9F3N2O3/c1-20-12(19)11-9-5-21-10-4-7(13(14,15)16)2-3-8(10)18(9)6-17-11/h2-4,6H,5H2,1H3. The Balaban J connectivity index is 2.09. The molecule has 0 aliphatic carbocycles. The van der Waals surface area contributed by atoms with Crippen molar-refractivity contribution < 1.29 is 27.4 Å². The molecule has 1 aliphatic rings. The summed E-state index contributed by atoms with van der Waals surface area (Å²) >= 11 is 0. The molecule has 0 N–H and O–H groups in total. The average molecular weight is 298 g/mol. The topological polar surface area (TPSA) is 53.3 Å². The number of hydrogen-bond donors (Lipinski definition) is 0. The first-order chi connectivity index (χ1) is 9.91. The summed E-state index contributed by atoms with van der Waals surface area (Å²) in [5, 5.41) is 0. The largest absolute Gasteiger partial charge is 0.485 e. The van der Waals surface area contributed by atoms with E-state index in [2.05, 4.69) is 9.72 Å². The normalized spacial score (nSPS) is 13.1. The summed E-state index contributed by atoms with van der Waals surface area (Å²) in [4.78, 5) is 15.5. The number of halogens is 3. The highest BCUT2D eigenvalue weighted by Crippen LogP contribution is 2.37. The molecule has 3 rings (SSSR count). The van der Waals surface area contributed by atoms with Crippen LogP contribution in [0, 0.1) is 0 Å². The molecule has 0 fully saturated rings. The fourth-order valence-electron chi connectivity index (χ4n) is 2.14. The van der Waals surface area contributed by atoms with E-state index in [9.17, 15) is 18.0 Å². The van der Waals surface area contributed by atoms with Crippen molar-refractivity contribution in [3.05, 3.63) is 41.5 Å². The van der Waals surface area contributed by atoms with Crippen molar-refractivity contribution in [3.63, 3.8) is 0 Å². The first-order valence-electron chi connectivity index (χ1n) is 5.91. The van der Waals surface area contributed by atoms with Gasteiger partial charge in [0.1, 0.15) is 18.7 Å². The zero-order valence-corrected chi connectivity index (χ0v) is 10.8. The number of nitrogens with zero attached hydrogens (tertiary/aromatic N) is 2. The molecule has 2 aromatic rings. The van der Waals surface area contributed by atoms with Crippen LogP contribution in [0.2, 0.25) is 0 Å². The van der Waals surface area contributed by atoms with Crippen LogP contribution >= 0.6 is 0 Å². The van der Waals surface area contributed by atoms with Crippen molar-refractivity contribution in [2.24, 2.45) is 0 Å². The van der Waals surface area contributed by atoms with E-state index >= 15 is 0 Å². The molecule has 0 atom stereocenters. The monoisotopic (exact) mass is 298 g/mol. The first kappa shape index (κ1) is 13.5. The van der Waals surface area contributed by atoms with Gasteiger partial charge < -0.3 is 9.47 Å². The van der Waals surface area contributed by atoms with E-state index in [1.165, 1.54) is 24.1 Å². The second kappa shape index (κ2) is 4.51. The molecule has 5 nitrogen and oxygen atoms in total. The van der Waals surface area contributed by atoms with Crippen LogP contribution < -0.4 is 4.74 Å². The Labute approximate surface area is 116 Å². The fourth-order valence-corrected chi connectivity index (χ4v) is 2.14. The molecular formula is C13H9F3N2O3. The number of aromatic nitrogens is 2. The number of carbonyl (C=O) groups is 1. The molecule has 2 heterocycles. The molecule has 1 aliphatic heterocycles. The number of benzene rings is 1. The Morgan fingerprint density at radius 1 is 1.43 bits per heavy atom. The molecule has 0 amide bonds. The number of alkyl halides is 3. The predicted octanol–water partition coefficient (Wildman–Crippen LogP) is 2.57. The van der Waals surface area contributed by atoms with Gasteiger partial charge in [-0.1, -0.05) is 0 Å². The lowest BCUT2D eigenvalue weighted by Gasteiger charge is -2.21. The Morgan fingerprint density at radius 2 is 2.19 bits per heavy atom. The van der Waals surface area contributed by atoms with Crippen LogP contribution in [-0.4, -0.2) is 22.6 Å². The van der Waals surface area contributed by atoms with E-state index in [4.69, 9.17) is 4.74 Å². The van der Waals surface area contributed by atoms with Gasteiger partial charge in [0.2, 0.25) is 0 Å². The zero-order chi connectivity index (χ0) is 15.2. The zero-order valence-electron chi connectivity index (χ0n) is 10.8.